The predicted octanol–water partition coefficient (Wildman–Crippen LogP) is 1.65. The second-order valence-corrected chi connectivity index (χ2v) is 6.10. The summed E-state index contributed by atoms with van der Waals surface area (Å²) in [5.74, 6) is 1.49. The maximum atomic E-state index is 12.4. The minimum Gasteiger partial charge on any atom is -0.383 e. The van der Waals surface area contributed by atoms with Gasteiger partial charge in [-0.3, -0.25) is 4.79 Å². The molecule has 2 atom stereocenters. The van der Waals surface area contributed by atoms with Crippen LogP contribution in [0.1, 0.15) is 39.0 Å². The summed E-state index contributed by atoms with van der Waals surface area (Å²) in [6.07, 6.45) is 5.57. The summed E-state index contributed by atoms with van der Waals surface area (Å²) in [5.41, 5.74) is 0. The maximum Gasteiger partial charge on any atom is 0.223 e. The lowest BCUT2D eigenvalue weighted by molar-refractivity contribution is -0.133. The van der Waals surface area contributed by atoms with Crippen LogP contribution in [0.2, 0.25) is 0 Å². The van der Waals surface area contributed by atoms with Crippen molar-refractivity contribution in [2.45, 2.75) is 45.1 Å². The molecular formula is C15H28N2O2. The Balaban J connectivity index is 1.79. The first-order valence-corrected chi connectivity index (χ1v) is 7.71. The van der Waals surface area contributed by atoms with Crippen LogP contribution in [-0.4, -0.2) is 50.2 Å². The molecule has 1 aliphatic carbocycles. The molecule has 1 heterocycles. The zero-order chi connectivity index (χ0) is 13.7. The molecule has 1 aliphatic heterocycles. The van der Waals surface area contributed by atoms with Gasteiger partial charge in [-0.2, -0.15) is 0 Å². The molecule has 1 saturated heterocycles. The molecule has 0 aromatic heterocycles. The number of nitrogens with one attached hydrogen (secondary N) is 1. The van der Waals surface area contributed by atoms with Crippen LogP contribution in [0.3, 0.4) is 0 Å². The minimum atomic E-state index is 0.331. The van der Waals surface area contributed by atoms with E-state index in [9.17, 15) is 4.79 Å². The highest BCUT2D eigenvalue weighted by Crippen LogP contribution is 2.29. The number of methoxy groups -OCH3 is 1. The summed E-state index contributed by atoms with van der Waals surface area (Å²) < 4.78 is 5.12. The van der Waals surface area contributed by atoms with Crippen molar-refractivity contribution in [3.05, 3.63) is 0 Å². The van der Waals surface area contributed by atoms with Gasteiger partial charge in [0.1, 0.15) is 0 Å². The molecule has 0 radical (unpaired) electrons. The second kappa shape index (κ2) is 7.25. The zero-order valence-corrected chi connectivity index (χ0v) is 12.4. The number of ether oxygens (including phenoxy) is 1. The number of amides is 1. The summed E-state index contributed by atoms with van der Waals surface area (Å²) in [4.78, 5) is 14.5. The number of hydrogen-bond acceptors (Lipinski definition) is 3. The Morgan fingerprint density at radius 2 is 2.21 bits per heavy atom. The van der Waals surface area contributed by atoms with Gasteiger partial charge in [0.05, 0.1) is 6.61 Å². The first-order chi connectivity index (χ1) is 9.22. The van der Waals surface area contributed by atoms with Crippen LogP contribution >= 0.6 is 0 Å². The van der Waals surface area contributed by atoms with Gasteiger partial charge >= 0.3 is 0 Å². The molecule has 1 saturated carbocycles. The highest BCUT2D eigenvalue weighted by Gasteiger charge is 2.33. The number of nitrogens with zero attached hydrogens (tertiary/aromatic N) is 1. The fourth-order valence-corrected chi connectivity index (χ4v) is 3.01. The van der Waals surface area contributed by atoms with Crippen LogP contribution < -0.4 is 5.32 Å². The van der Waals surface area contributed by atoms with Crippen molar-refractivity contribution >= 4 is 5.91 Å². The molecule has 0 aromatic carbocycles. The Labute approximate surface area is 116 Å². The van der Waals surface area contributed by atoms with E-state index in [1.807, 2.05) is 0 Å². The van der Waals surface area contributed by atoms with Gasteiger partial charge in [-0.15, -0.1) is 0 Å². The fourth-order valence-electron chi connectivity index (χ4n) is 3.01. The van der Waals surface area contributed by atoms with Gasteiger partial charge in [0.25, 0.3) is 0 Å². The Morgan fingerprint density at radius 3 is 2.79 bits per heavy atom. The quantitative estimate of drug-likeness (QED) is 0.763. The minimum absolute atomic E-state index is 0.331. The molecule has 1 N–H and O–H groups in total. The van der Waals surface area contributed by atoms with E-state index in [-0.39, 0.29) is 0 Å². The third-order valence-corrected chi connectivity index (χ3v) is 4.48. The molecule has 110 valence electrons. The van der Waals surface area contributed by atoms with Crippen LogP contribution in [0.4, 0.5) is 0 Å². The highest BCUT2D eigenvalue weighted by molar-refractivity contribution is 5.77. The van der Waals surface area contributed by atoms with Crippen molar-refractivity contribution in [2.24, 2.45) is 11.8 Å². The van der Waals surface area contributed by atoms with E-state index in [2.05, 4.69) is 17.1 Å². The normalized spacial score (nSPS) is 25.1. The first-order valence-electron chi connectivity index (χ1n) is 7.71. The Bertz CT molecular complexity index is 286. The van der Waals surface area contributed by atoms with E-state index < -0.39 is 0 Å². The second-order valence-electron chi connectivity index (χ2n) is 6.10. The zero-order valence-electron chi connectivity index (χ0n) is 12.4. The third kappa shape index (κ3) is 4.46. The number of rotatable bonds is 7. The Hall–Kier alpha value is -0.610. The molecule has 4 nitrogen and oxygen atoms in total. The number of carbonyl (C=O) groups excluding carboxylic acids is 1. The van der Waals surface area contributed by atoms with Gasteiger partial charge < -0.3 is 15.0 Å². The Morgan fingerprint density at radius 1 is 1.42 bits per heavy atom. The first kappa shape index (κ1) is 14.8. The summed E-state index contributed by atoms with van der Waals surface area (Å²) >= 11 is 0. The van der Waals surface area contributed by atoms with E-state index in [0.29, 0.717) is 36.8 Å². The maximum absolute atomic E-state index is 12.4. The summed E-state index contributed by atoms with van der Waals surface area (Å²) in [7, 11) is 1.70. The van der Waals surface area contributed by atoms with Crippen molar-refractivity contribution in [1.29, 1.82) is 0 Å². The van der Waals surface area contributed by atoms with Gasteiger partial charge in [0.15, 0.2) is 0 Å². The van der Waals surface area contributed by atoms with Gasteiger partial charge in [-0.05, 0) is 50.6 Å². The summed E-state index contributed by atoms with van der Waals surface area (Å²) in [6, 6.07) is 0.499. The van der Waals surface area contributed by atoms with Crippen molar-refractivity contribution in [3.63, 3.8) is 0 Å². The molecule has 4 heteroatoms. The van der Waals surface area contributed by atoms with Gasteiger partial charge in [0, 0.05) is 26.1 Å². The van der Waals surface area contributed by atoms with Gasteiger partial charge in [-0.25, -0.2) is 0 Å². The van der Waals surface area contributed by atoms with Crippen molar-refractivity contribution in [3.8, 4) is 0 Å². The molecule has 0 aromatic rings. The lowest BCUT2D eigenvalue weighted by Crippen LogP contribution is -2.39. The lowest BCUT2D eigenvalue weighted by Gasteiger charge is -2.30. The molecule has 19 heavy (non-hydrogen) atoms. The van der Waals surface area contributed by atoms with E-state index in [1.165, 1.54) is 25.7 Å². The number of carbonyl (C=O) groups is 1. The van der Waals surface area contributed by atoms with Crippen LogP contribution in [0, 0.1) is 11.8 Å². The molecule has 2 unspecified atom stereocenters. The van der Waals surface area contributed by atoms with E-state index in [0.717, 1.165) is 19.6 Å². The SMILES string of the molecule is COCCN(C(=O)CC(C)C1CCCNC1)C1CC1. The summed E-state index contributed by atoms with van der Waals surface area (Å²) in [6.45, 7) is 5.86. The average molecular weight is 268 g/mol. The van der Waals surface area contributed by atoms with Crippen molar-refractivity contribution < 1.29 is 9.53 Å². The molecule has 2 rings (SSSR count). The molecule has 0 spiro atoms. The van der Waals surface area contributed by atoms with Crippen LogP contribution in [-0.2, 0) is 9.53 Å². The van der Waals surface area contributed by atoms with Crippen LogP contribution in [0.15, 0.2) is 0 Å². The largest absolute Gasteiger partial charge is 0.383 e. The highest BCUT2D eigenvalue weighted by atomic mass is 16.5. The van der Waals surface area contributed by atoms with E-state index in [4.69, 9.17) is 4.74 Å². The number of piperidine rings is 1. The summed E-state index contributed by atoms with van der Waals surface area (Å²) in [5, 5.41) is 3.44. The van der Waals surface area contributed by atoms with Crippen molar-refractivity contribution in [1.82, 2.24) is 10.2 Å². The number of hydrogen-bond donors (Lipinski definition) is 1. The molecule has 0 bridgehead atoms. The fraction of sp³-hybridized carbons (Fsp3) is 0.933. The monoisotopic (exact) mass is 268 g/mol. The van der Waals surface area contributed by atoms with Crippen molar-refractivity contribution in [2.75, 3.05) is 33.4 Å². The molecule has 2 aliphatic rings. The standard InChI is InChI=1S/C15H28N2O2/c1-12(13-4-3-7-16-11-13)10-15(18)17(8-9-19-2)14-5-6-14/h12-14,16H,3-11H2,1-2H3. The molecule has 1 amide bonds. The lowest BCUT2D eigenvalue weighted by atomic mass is 9.85. The molecular weight excluding hydrogens is 240 g/mol. The molecule has 2 fully saturated rings. The van der Waals surface area contributed by atoms with E-state index in [1.54, 1.807) is 7.11 Å². The van der Waals surface area contributed by atoms with Gasteiger partial charge in [0.2, 0.25) is 5.91 Å². The van der Waals surface area contributed by atoms with Gasteiger partial charge in [-0.1, -0.05) is 6.92 Å². The van der Waals surface area contributed by atoms with Crippen LogP contribution in [0.5, 0.6) is 0 Å². The van der Waals surface area contributed by atoms with Crippen LogP contribution in [0.25, 0.3) is 0 Å². The third-order valence-electron chi connectivity index (χ3n) is 4.48. The smallest absolute Gasteiger partial charge is 0.223 e. The average Bonchev–Trinajstić information content (AvgIpc) is 3.25. The Kier molecular flexibility index (Phi) is 5.64. The predicted molar refractivity (Wildman–Crippen MR) is 76.0 cm³/mol. The topological polar surface area (TPSA) is 41.6 Å². The van der Waals surface area contributed by atoms with E-state index >= 15 is 0 Å².